The van der Waals surface area contributed by atoms with Crippen LogP contribution in [0, 0.1) is 5.92 Å². The average Bonchev–Trinajstić information content (AvgIpc) is 2.49. The molecule has 0 amide bonds. The number of benzene rings is 1. The summed E-state index contributed by atoms with van der Waals surface area (Å²) in [6.07, 6.45) is 7.49. The van der Waals surface area contributed by atoms with Crippen LogP contribution >= 0.6 is 0 Å². The Kier molecular flexibility index (Phi) is 5.90. The summed E-state index contributed by atoms with van der Waals surface area (Å²) in [6, 6.07) is 9.35. The molecule has 2 nitrogen and oxygen atoms in total. The third-order valence-electron chi connectivity index (χ3n) is 4.64. The standard InChI is InChI=1S/C18H30N2/c1-3-5-15-10-12-20(13-11-15)18-8-6-16(7-9-18)14-17(19)4-2/h6-9,15,17H,3-5,10-14,19H2,1-2H3. The van der Waals surface area contributed by atoms with E-state index >= 15 is 0 Å². The summed E-state index contributed by atoms with van der Waals surface area (Å²) < 4.78 is 0. The first-order valence-electron chi connectivity index (χ1n) is 8.32. The van der Waals surface area contributed by atoms with Gasteiger partial charge in [-0.05, 0) is 49.3 Å². The summed E-state index contributed by atoms with van der Waals surface area (Å²) in [6.45, 7) is 6.89. The molecule has 112 valence electrons. The maximum absolute atomic E-state index is 6.02. The van der Waals surface area contributed by atoms with Crippen LogP contribution in [-0.2, 0) is 6.42 Å². The van der Waals surface area contributed by atoms with E-state index < -0.39 is 0 Å². The lowest BCUT2D eigenvalue weighted by atomic mass is 9.92. The van der Waals surface area contributed by atoms with Crippen molar-refractivity contribution in [2.24, 2.45) is 11.7 Å². The SMILES string of the molecule is CCCC1CCN(c2ccc(CC(N)CC)cc2)CC1. The van der Waals surface area contributed by atoms with E-state index in [-0.39, 0.29) is 0 Å². The molecule has 2 N–H and O–H groups in total. The van der Waals surface area contributed by atoms with Gasteiger partial charge < -0.3 is 10.6 Å². The Bertz CT molecular complexity index is 377. The van der Waals surface area contributed by atoms with Gasteiger partial charge in [0, 0.05) is 24.8 Å². The fourth-order valence-electron chi connectivity index (χ4n) is 3.18. The Labute approximate surface area is 124 Å². The minimum atomic E-state index is 0.297. The van der Waals surface area contributed by atoms with Crippen molar-refractivity contribution in [3.8, 4) is 0 Å². The van der Waals surface area contributed by atoms with Gasteiger partial charge in [-0.1, -0.05) is 38.8 Å². The third-order valence-corrected chi connectivity index (χ3v) is 4.64. The first kappa shape index (κ1) is 15.4. The van der Waals surface area contributed by atoms with Gasteiger partial charge in [0.05, 0.1) is 0 Å². The van der Waals surface area contributed by atoms with E-state index in [4.69, 9.17) is 5.73 Å². The molecule has 20 heavy (non-hydrogen) atoms. The highest BCUT2D eigenvalue weighted by Crippen LogP contribution is 2.26. The molecule has 1 saturated heterocycles. The summed E-state index contributed by atoms with van der Waals surface area (Å²) in [5, 5.41) is 0. The normalized spacial score (nSPS) is 18.2. The van der Waals surface area contributed by atoms with Crippen LogP contribution in [0.3, 0.4) is 0 Å². The highest BCUT2D eigenvalue weighted by atomic mass is 15.1. The predicted octanol–water partition coefficient (Wildman–Crippen LogP) is 3.98. The van der Waals surface area contributed by atoms with Crippen LogP contribution in [0.15, 0.2) is 24.3 Å². The largest absolute Gasteiger partial charge is 0.372 e. The lowest BCUT2D eigenvalue weighted by Crippen LogP contribution is -2.33. The molecule has 0 bridgehead atoms. The van der Waals surface area contributed by atoms with Gasteiger partial charge >= 0.3 is 0 Å². The van der Waals surface area contributed by atoms with E-state index in [0.29, 0.717) is 6.04 Å². The monoisotopic (exact) mass is 274 g/mol. The van der Waals surface area contributed by atoms with Gasteiger partial charge in [0.2, 0.25) is 0 Å². The third kappa shape index (κ3) is 4.24. The van der Waals surface area contributed by atoms with Crippen molar-refractivity contribution in [2.75, 3.05) is 18.0 Å². The molecule has 1 aliphatic rings. The van der Waals surface area contributed by atoms with Crippen LogP contribution in [0.2, 0.25) is 0 Å². The molecule has 1 unspecified atom stereocenters. The summed E-state index contributed by atoms with van der Waals surface area (Å²) in [5.41, 5.74) is 8.77. The zero-order chi connectivity index (χ0) is 14.4. The van der Waals surface area contributed by atoms with E-state index in [2.05, 4.69) is 43.0 Å². The molecule has 0 aliphatic carbocycles. The van der Waals surface area contributed by atoms with Gasteiger partial charge in [-0.15, -0.1) is 0 Å². The second kappa shape index (κ2) is 7.68. The Morgan fingerprint density at radius 3 is 2.35 bits per heavy atom. The lowest BCUT2D eigenvalue weighted by molar-refractivity contribution is 0.378. The molecule has 1 aromatic carbocycles. The van der Waals surface area contributed by atoms with Crippen molar-refractivity contribution in [2.45, 2.75) is 58.4 Å². The summed E-state index contributed by atoms with van der Waals surface area (Å²) in [7, 11) is 0. The first-order valence-corrected chi connectivity index (χ1v) is 8.32. The van der Waals surface area contributed by atoms with Crippen LogP contribution < -0.4 is 10.6 Å². The zero-order valence-electron chi connectivity index (χ0n) is 13.1. The van der Waals surface area contributed by atoms with Crippen molar-refractivity contribution in [3.05, 3.63) is 29.8 Å². The Hall–Kier alpha value is -1.02. The highest BCUT2D eigenvalue weighted by Gasteiger charge is 2.18. The topological polar surface area (TPSA) is 29.3 Å². The fraction of sp³-hybridized carbons (Fsp3) is 0.667. The van der Waals surface area contributed by atoms with Crippen LogP contribution in [0.1, 0.15) is 51.5 Å². The Morgan fingerprint density at radius 1 is 1.15 bits per heavy atom. The molecule has 1 fully saturated rings. The number of piperidine rings is 1. The number of hydrogen-bond acceptors (Lipinski definition) is 2. The molecular formula is C18H30N2. The Balaban J connectivity index is 1.87. The number of hydrogen-bond donors (Lipinski definition) is 1. The number of anilines is 1. The quantitative estimate of drug-likeness (QED) is 0.850. The zero-order valence-corrected chi connectivity index (χ0v) is 13.1. The van der Waals surface area contributed by atoms with Gasteiger partial charge in [-0.3, -0.25) is 0 Å². The van der Waals surface area contributed by atoms with E-state index in [1.807, 2.05) is 0 Å². The van der Waals surface area contributed by atoms with Gasteiger partial charge in [0.15, 0.2) is 0 Å². The van der Waals surface area contributed by atoms with Crippen molar-refractivity contribution in [1.82, 2.24) is 0 Å². The van der Waals surface area contributed by atoms with Crippen molar-refractivity contribution >= 4 is 5.69 Å². The van der Waals surface area contributed by atoms with Crippen molar-refractivity contribution in [1.29, 1.82) is 0 Å². The van der Waals surface area contributed by atoms with Gasteiger partial charge in [0.25, 0.3) is 0 Å². The Morgan fingerprint density at radius 2 is 1.80 bits per heavy atom. The number of rotatable bonds is 6. The molecule has 1 aromatic rings. The second-order valence-corrected chi connectivity index (χ2v) is 6.26. The summed E-state index contributed by atoms with van der Waals surface area (Å²) in [5.74, 6) is 0.957. The number of nitrogens with zero attached hydrogens (tertiary/aromatic N) is 1. The van der Waals surface area contributed by atoms with Crippen LogP contribution in [0.5, 0.6) is 0 Å². The molecule has 1 aliphatic heterocycles. The van der Waals surface area contributed by atoms with E-state index in [0.717, 1.165) is 18.8 Å². The van der Waals surface area contributed by atoms with Gasteiger partial charge in [-0.25, -0.2) is 0 Å². The second-order valence-electron chi connectivity index (χ2n) is 6.26. The van der Waals surface area contributed by atoms with Crippen LogP contribution in [-0.4, -0.2) is 19.1 Å². The first-order chi connectivity index (χ1) is 9.72. The highest BCUT2D eigenvalue weighted by molar-refractivity contribution is 5.48. The summed E-state index contributed by atoms with van der Waals surface area (Å²) in [4.78, 5) is 2.54. The molecular weight excluding hydrogens is 244 g/mol. The molecule has 0 saturated carbocycles. The molecule has 0 radical (unpaired) electrons. The molecule has 1 atom stereocenters. The molecule has 2 heteroatoms. The maximum Gasteiger partial charge on any atom is 0.0366 e. The smallest absolute Gasteiger partial charge is 0.0366 e. The molecule has 1 heterocycles. The average molecular weight is 274 g/mol. The molecule has 0 spiro atoms. The minimum Gasteiger partial charge on any atom is -0.372 e. The molecule has 2 rings (SSSR count). The number of nitrogens with two attached hydrogens (primary N) is 1. The van der Waals surface area contributed by atoms with Crippen LogP contribution in [0.4, 0.5) is 5.69 Å². The van der Waals surface area contributed by atoms with E-state index in [1.54, 1.807) is 0 Å². The summed E-state index contributed by atoms with van der Waals surface area (Å²) >= 11 is 0. The predicted molar refractivity (Wildman–Crippen MR) is 88.3 cm³/mol. The van der Waals surface area contributed by atoms with E-state index in [9.17, 15) is 0 Å². The maximum atomic E-state index is 6.02. The molecule has 0 aromatic heterocycles. The minimum absolute atomic E-state index is 0.297. The fourth-order valence-corrected chi connectivity index (χ4v) is 3.18. The lowest BCUT2D eigenvalue weighted by Gasteiger charge is -2.33. The van der Waals surface area contributed by atoms with Crippen molar-refractivity contribution < 1.29 is 0 Å². The van der Waals surface area contributed by atoms with Crippen molar-refractivity contribution in [3.63, 3.8) is 0 Å². The van der Waals surface area contributed by atoms with Gasteiger partial charge in [0.1, 0.15) is 0 Å². The van der Waals surface area contributed by atoms with Crippen LogP contribution in [0.25, 0.3) is 0 Å². The van der Waals surface area contributed by atoms with Gasteiger partial charge in [-0.2, -0.15) is 0 Å². The van der Waals surface area contributed by atoms with E-state index in [1.165, 1.54) is 50.0 Å².